The van der Waals surface area contributed by atoms with Crippen LogP contribution in [-0.4, -0.2) is 23.6 Å². The van der Waals surface area contributed by atoms with E-state index in [0.29, 0.717) is 5.56 Å². The van der Waals surface area contributed by atoms with E-state index in [1.54, 1.807) is 12.1 Å². The first-order valence-corrected chi connectivity index (χ1v) is 7.26. The Labute approximate surface area is 115 Å². The van der Waals surface area contributed by atoms with E-state index in [-0.39, 0.29) is 17.6 Å². The van der Waals surface area contributed by atoms with Gasteiger partial charge in [0.05, 0.1) is 0 Å². The largest absolute Gasteiger partial charge is 0.508 e. The van der Waals surface area contributed by atoms with Crippen LogP contribution in [0.3, 0.4) is 0 Å². The van der Waals surface area contributed by atoms with Crippen molar-refractivity contribution in [1.29, 1.82) is 0 Å². The summed E-state index contributed by atoms with van der Waals surface area (Å²) < 4.78 is 13.9. The average molecular weight is 265 g/mol. The molecule has 0 aromatic heterocycles. The number of phenols is 1. The molecule has 0 radical (unpaired) electrons. The molecule has 0 aliphatic heterocycles. The molecule has 1 aliphatic rings. The first-order valence-electron chi connectivity index (χ1n) is 7.26. The first kappa shape index (κ1) is 14.3. The molecule has 0 heterocycles. The van der Waals surface area contributed by atoms with Gasteiger partial charge in [-0.25, -0.2) is 4.39 Å². The summed E-state index contributed by atoms with van der Waals surface area (Å²) in [5.41, 5.74) is 0.663. The Hall–Kier alpha value is -1.09. The Morgan fingerprint density at radius 3 is 2.63 bits per heavy atom. The van der Waals surface area contributed by atoms with Crippen LogP contribution in [-0.2, 0) is 0 Å². The molecule has 1 fully saturated rings. The molecule has 1 N–H and O–H groups in total. The van der Waals surface area contributed by atoms with Crippen LogP contribution in [0.15, 0.2) is 18.2 Å². The molecular formula is C16H24FNO. The summed E-state index contributed by atoms with van der Waals surface area (Å²) in [7, 11) is 2.06. The molecule has 0 saturated heterocycles. The molecule has 2 rings (SSSR count). The van der Waals surface area contributed by atoms with E-state index >= 15 is 0 Å². The Bertz CT molecular complexity index is 415. The molecule has 1 atom stereocenters. The molecule has 2 nitrogen and oxygen atoms in total. The second-order valence-corrected chi connectivity index (χ2v) is 5.83. The van der Waals surface area contributed by atoms with E-state index in [9.17, 15) is 9.50 Å². The normalized spacial score (nSPS) is 18.7. The summed E-state index contributed by atoms with van der Waals surface area (Å²) in [5, 5.41) is 9.27. The van der Waals surface area contributed by atoms with E-state index in [2.05, 4.69) is 11.9 Å². The van der Waals surface area contributed by atoms with E-state index < -0.39 is 0 Å². The molecule has 1 aromatic rings. The molecule has 19 heavy (non-hydrogen) atoms. The van der Waals surface area contributed by atoms with Gasteiger partial charge in [-0.2, -0.15) is 0 Å². The maximum Gasteiger partial charge on any atom is 0.131 e. The quantitative estimate of drug-likeness (QED) is 0.885. The molecule has 106 valence electrons. The van der Waals surface area contributed by atoms with Gasteiger partial charge >= 0.3 is 0 Å². The maximum atomic E-state index is 13.9. The van der Waals surface area contributed by atoms with Crippen LogP contribution in [0.2, 0.25) is 0 Å². The fourth-order valence-corrected chi connectivity index (χ4v) is 3.03. The van der Waals surface area contributed by atoms with E-state index in [1.165, 1.54) is 38.2 Å². The van der Waals surface area contributed by atoms with Gasteiger partial charge in [0, 0.05) is 24.2 Å². The lowest BCUT2D eigenvalue weighted by molar-refractivity contribution is 0.189. The van der Waals surface area contributed by atoms with E-state index in [4.69, 9.17) is 0 Å². The highest BCUT2D eigenvalue weighted by Crippen LogP contribution is 2.29. The highest BCUT2D eigenvalue weighted by Gasteiger charge is 2.20. The summed E-state index contributed by atoms with van der Waals surface area (Å²) in [4.78, 5) is 2.23. The standard InChI is InChI=1S/C16H24FNO/c1-12(15-9-8-14(19)10-16(15)17)18(2)11-13-6-4-3-5-7-13/h8-10,12-13,19H,3-7,11H2,1-2H3. The van der Waals surface area contributed by atoms with Gasteiger partial charge < -0.3 is 5.11 Å². The van der Waals surface area contributed by atoms with Gasteiger partial charge in [-0.15, -0.1) is 0 Å². The molecule has 1 aromatic carbocycles. The number of nitrogens with zero attached hydrogens (tertiary/aromatic N) is 1. The maximum absolute atomic E-state index is 13.9. The first-order chi connectivity index (χ1) is 9.08. The zero-order chi connectivity index (χ0) is 13.8. The zero-order valence-corrected chi connectivity index (χ0v) is 11.9. The van der Waals surface area contributed by atoms with Gasteiger partial charge in [0.25, 0.3) is 0 Å². The van der Waals surface area contributed by atoms with Gasteiger partial charge in [0.2, 0.25) is 0 Å². The van der Waals surface area contributed by atoms with Crippen molar-refractivity contribution in [1.82, 2.24) is 4.90 Å². The molecular weight excluding hydrogens is 241 g/mol. The van der Waals surface area contributed by atoms with Gasteiger partial charge in [-0.3, -0.25) is 4.90 Å². The van der Waals surface area contributed by atoms with Crippen LogP contribution in [0.25, 0.3) is 0 Å². The van der Waals surface area contributed by atoms with Crippen molar-refractivity contribution in [2.75, 3.05) is 13.6 Å². The predicted molar refractivity (Wildman–Crippen MR) is 75.7 cm³/mol. The fourth-order valence-electron chi connectivity index (χ4n) is 3.03. The number of hydrogen-bond donors (Lipinski definition) is 1. The van der Waals surface area contributed by atoms with Crippen LogP contribution in [0.1, 0.15) is 50.6 Å². The monoisotopic (exact) mass is 265 g/mol. The predicted octanol–water partition coefficient (Wildman–Crippen LogP) is 4.10. The third kappa shape index (κ3) is 3.69. The highest BCUT2D eigenvalue weighted by atomic mass is 19.1. The number of phenolic OH excluding ortho intramolecular Hbond substituents is 1. The Balaban J connectivity index is 1.99. The number of aromatic hydroxyl groups is 1. The van der Waals surface area contributed by atoms with Crippen LogP contribution in [0, 0.1) is 11.7 Å². The second-order valence-electron chi connectivity index (χ2n) is 5.83. The number of rotatable bonds is 4. The second kappa shape index (κ2) is 6.38. The molecule has 1 aliphatic carbocycles. The van der Waals surface area contributed by atoms with Crippen molar-refractivity contribution >= 4 is 0 Å². The van der Waals surface area contributed by atoms with Crippen molar-refractivity contribution in [3.8, 4) is 5.75 Å². The lowest BCUT2D eigenvalue weighted by Gasteiger charge is -2.31. The highest BCUT2D eigenvalue weighted by molar-refractivity contribution is 5.29. The van der Waals surface area contributed by atoms with Crippen molar-refractivity contribution in [3.05, 3.63) is 29.6 Å². The van der Waals surface area contributed by atoms with E-state index in [0.717, 1.165) is 12.5 Å². The van der Waals surface area contributed by atoms with Gasteiger partial charge in [0.1, 0.15) is 11.6 Å². The lowest BCUT2D eigenvalue weighted by atomic mass is 9.88. The molecule has 3 heteroatoms. The number of halogens is 1. The fraction of sp³-hybridized carbons (Fsp3) is 0.625. The van der Waals surface area contributed by atoms with E-state index in [1.807, 2.05) is 6.92 Å². The van der Waals surface area contributed by atoms with Crippen LogP contribution in [0.4, 0.5) is 4.39 Å². The Kier molecular flexibility index (Phi) is 4.81. The number of benzene rings is 1. The smallest absolute Gasteiger partial charge is 0.131 e. The Morgan fingerprint density at radius 2 is 2.00 bits per heavy atom. The molecule has 0 bridgehead atoms. The summed E-state index contributed by atoms with van der Waals surface area (Å²) in [5.74, 6) is 0.424. The molecule has 0 spiro atoms. The summed E-state index contributed by atoms with van der Waals surface area (Å²) in [6.45, 7) is 3.06. The topological polar surface area (TPSA) is 23.5 Å². The van der Waals surface area contributed by atoms with Gasteiger partial charge in [-0.05, 0) is 38.8 Å². The number of hydrogen-bond acceptors (Lipinski definition) is 2. The van der Waals surface area contributed by atoms with Crippen LogP contribution >= 0.6 is 0 Å². The lowest BCUT2D eigenvalue weighted by Crippen LogP contribution is -2.30. The average Bonchev–Trinajstić information content (AvgIpc) is 2.39. The minimum Gasteiger partial charge on any atom is -0.508 e. The third-order valence-electron chi connectivity index (χ3n) is 4.37. The van der Waals surface area contributed by atoms with Crippen molar-refractivity contribution in [2.45, 2.75) is 45.1 Å². The zero-order valence-electron chi connectivity index (χ0n) is 11.9. The minimum absolute atomic E-state index is 0.0108. The minimum atomic E-state index is -0.317. The molecule has 0 amide bonds. The van der Waals surface area contributed by atoms with Crippen molar-refractivity contribution in [2.24, 2.45) is 5.92 Å². The molecule has 1 saturated carbocycles. The van der Waals surface area contributed by atoms with Crippen molar-refractivity contribution < 1.29 is 9.50 Å². The van der Waals surface area contributed by atoms with Gasteiger partial charge in [0.15, 0.2) is 0 Å². The SMILES string of the molecule is CC(c1ccc(O)cc1F)N(C)CC1CCCCC1. The van der Waals surface area contributed by atoms with Crippen LogP contribution in [0.5, 0.6) is 5.75 Å². The summed E-state index contributed by atoms with van der Waals surface area (Å²) in [6.07, 6.45) is 6.63. The third-order valence-corrected chi connectivity index (χ3v) is 4.37. The summed E-state index contributed by atoms with van der Waals surface area (Å²) in [6, 6.07) is 4.48. The Morgan fingerprint density at radius 1 is 1.32 bits per heavy atom. The van der Waals surface area contributed by atoms with Crippen molar-refractivity contribution in [3.63, 3.8) is 0 Å². The summed E-state index contributed by atoms with van der Waals surface area (Å²) >= 11 is 0. The van der Waals surface area contributed by atoms with Gasteiger partial charge in [-0.1, -0.05) is 25.3 Å². The molecule has 1 unspecified atom stereocenters. The van der Waals surface area contributed by atoms with Crippen LogP contribution < -0.4 is 0 Å².